The second-order valence-corrected chi connectivity index (χ2v) is 6.24. The molecule has 5 rings (SSSR count). The molecule has 0 aliphatic carbocycles. The average Bonchev–Trinajstić information content (AvgIpc) is 2.90. The molecule has 4 nitrogen and oxygen atoms in total. The fraction of sp³-hybridized carbons (Fsp3) is 0.471. The lowest BCUT2D eigenvalue weighted by atomic mass is 9.84. The summed E-state index contributed by atoms with van der Waals surface area (Å²) in [6, 6.07) is 6.46. The number of aliphatic carboxylic acids is 1. The third kappa shape index (κ3) is 2.01. The smallest absolute Gasteiger partial charge is 0.303 e. The highest BCUT2D eigenvalue weighted by Gasteiger charge is 2.34. The minimum atomic E-state index is -0.711. The van der Waals surface area contributed by atoms with Gasteiger partial charge in [0, 0.05) is 30.5 Å². The van der Waals surface area contributed by atoms with E-state index in [0.717, 1.165) is 6.42 Å². The zero-order chi connectivity index (χ0) is 14.4. The van der Waals surface area contributed by atoms with Gasteiger partial charge in [0.25, 0.3) is 0 Å². The van der Waals surface area contributed by atoms with Crippen molar-refractivity contribution in [3.8, 4) is 0 Å². The Labute approximate surface area is 123 Å². The van der Waals surface area contributed by atoms with Gasteiger partial charge in [-0.1, -0.05) is 18.2 Å². The van der Waals surface area contributed by atoms with Gasteiger partial charge < -0.3 is 15.0 Å². The highest BCUT2D eigenvalue weighted by atomic mass is 16.4. The number of para-hydroxylation sites is 1. The molecule has 0 unspecified atom stereocenters. The Hall–Kier alpha value is -1.97. The summed E-state index contributed by atoms with van der Waals surface area (Å²) in [5.74, 6) is 1.31. The molecule has 4 heterocycles. The SMILES string of the molecule is O=C(O)CCCc1cccc2c3c([nH]c12)N1CCC3CC1. The third-order valence-electron chi connectivity index (χ3n) is 5.00. The first-order valence-corrected chi connectivity index (χ1v) is 7.84. The number of fused-ring (bicyclic) bond motifs is 3. The number of benzene rings is 1. The summed E-state index contributed by atoms with van der Waals surface area (Å²) in [7, 11) is 0. The molecule has 110 valence electrons. The number of aromatic amines is 1. The van der Waals surface area contributed by atoms with E-state index < -0.39 is 5.97 Å². The number of piperidine rings is 1. The van der Waals surface area contributed by atoms with Crippen LogP contribution in [0.25, 0.3) is 10.9 Å². The first-order chi connectivity index (χ1) is 10.2. The van der Waals surface area contributed by atoms with Gasteiger partial charge in [0.05, 0.1) is 5.52 Å². The van der Waals surface area contributed by atoms with E-state index in [2.05, 4.69) is 28.1 Å². The molecule has 2 aromatic rings. The first-order valence-electron chi connectivity index (χ1n) is 7.84. The van der Waals surface area contributed by atoms with Crippen LogP contribution in [0.3, 0.4) is 0 Å². The van der Waals surface area contributed by atoms with Crippen molar-refractivity contribution in [2.24, 2.45) is 0 Å². The summed E-state index contributed by atoms with van der Waals surface area (Å²) in [6.45, 7) is 2.33. The Kier molecular flexibility index (Phi) is 2.91. The molecule has 4 heteroatoms. The number of nitrogens with zero attached hydrogens (tertiary/aromatic N) is 1. The van der Waals surface area contributed by atoms with Crippen molar-refractivity contribution in [1.82, 2.24) is 4.98 Å². The van der Waals surface area contributed by atoms with Gasteiger partial charge in [-0.3, -0.25) is 4.79 Å². The zero-order valence-corrected chi connectivity index (χ0v) is 12.1. The van der Waals surface area contributed by atoms with Crippen molar-refractivity contribution in [2.75, 3.05) is 18.0 Å². The molecule has 0 spiro atoms. The molecule has 0 radical (unpaired) electrons. The summed E-state index contributed by atoms with van der Waals surface area (Å²) in [4.78, 5) is 16.8. The molecule has 0 saturated carbocycles. The lowest BCUT2D eigenvalue weighted by Gasteiger charge is -2.40. The Morgan fingerprint density at radius 3 is 2.90 bits per heavy atom. The van der Waals surface area contributed by atoms with Crippen LogP contribution in [-0.4, -0.2) is 29.1 Å². The number of aromatic nitrogens is 1. The minimum Gasteiger partial charge on any atom is -0.481 e. The largest absolute Gasteiger partial charge is 0.481 e. The number of hydrogen-bond acceptors (Lipinski definition) is 2. The van der Waals surface area contributed by atoms with E-state index in [1.54, 1.807) is 0 Å². The molecule has 1 aromatic carbocycles. The molecular formula is C17H20N2O2. The van der Waals surface area contributed by atoms with Crippen LogP contribution < -0.4 is 4.90 Å². The summed E-state index contributed by atoms with van der Waals surface area (Å²) < 4.78 is 0. The zero-order valence-electron chi connectivity index (χ0n) is 12.1. The molecule has 3 aliphatic rings. The number of aryl methyl sites for hydroxylation is 1. The standard InChI is InChI=1S/C17H20N2O2/c20-14(21)6-2-4-12-3-1-5-13-15-11-7-9-19(10-8-11)17(15)18-16(12)13/h1,3,5,11,18H,2,4,6-10H2,(H,20,21). The van der Waals surface area contributed by atoms with Gasteiger partial charge in [-0.2, -0.15) is 0 Å². The number of rotatable bonds is 4. The van der Waals surface area contributed by atoms with Gasteiger partial charge in [0.2, 0.25) is 0 Å². The van der Waals surface area contributed by atoms with Crippen LogP contribution in [0.15, 0.2) is 18.2 Å². The van der Waals surface area contributed by atoms with Crippen molar-refractivity contribution in [3.05, 3.63) is 29.3 Å². The van der Waals surface area contributed by atoms with Gasteiger partial charge in [-0.25, -0.2) is 0 Å². The summed E-state index contributed by atoms with van der Waals surface area (Å²) in [5, 5.41) is 10.2. The lowest BCUT2D eigenvalue weighted by Crippen LogP contribution is -2.38. The normalized spacial score (nSPS) is 17.4. The van der Waals surface area contributed by atoms with Gasteiger partial charge in [0.15, 0.2) is 0 Å². The Morgan fingerprint density at radius 1 is 1.33 bits per heavy atom. The molecule has 0 amide bonds. The van der Waals surface area contributed by atoms with Crippen LogP contribution in [0.1, 0.15) is 42.7 Å². The van der Waals surface area contributed by atoms with Gasteiger partial charge in [0.1, 0.15) is 5.82 Å². The molecule has 21 heavy (non-hydrogen) atoms. The molecule has 2 bridgehead atoms. The highest BCUT2D eigenvalue weighted by molar-refractivity contribution is 5.92. The van der Waals surface area contributed by atoms with E-state index in [9.17, 15) is 4.79 Å². The molecule has 1 fully saturated rings. The van der Waals surface area contributed by atoms with E-state index in [-0.39, 0.29) is 6.42 Å². The molecule has 0 atom stereocenters. The molecule has 2 N–H and O–H groups in total. The van der Waals surface area contributed by atoms with Crippen molar-refractivity contribution < 1.29 is 9.90 Å². The maximum atomic E-state index is 10.7. The molecule has 1 aromatic heterocycles. The monoisotopic (exact) mass is 284 g/mol. The van der Waals surface area contributed by atoms with E-state index in [0.29, 0.717) is 12.3 Å². The minimum absolute atomic E-state index is 0.242. The van der Waals surface area contributed by atoms with Crippen molar-refractivity contribution >= 4 is 22.7 Å². The van der Waals surface area contributed by atoms with Crippen molar-refractivity contribution in [1.29, 1.82) is 0 Å². The van der Waals surface area contributed by atoms with Crippen LogP contribution in [-0.2, 0) is 11.2 Å². The van der Waals surface area contributed by atoms with Gasteiger partial charge in [-0.05, 0) is 37.2 Å². The summed E-state index contributed by atoms with van der Waals surface area (Å²) in [5.41, 5.74) is 3.98. The predicted octanol–water partition coefficient (Wildman–Crippen LogP) is 3.27. The van der Waals surface area contributed by atoms with E-state index in [1.165, 1.54) is 53.8 Å². The topological polar surface area (TPSA) is 56.3 Å². The summed E-state index contributed by atoms with van der Waals surface area (Å²) >= 11 is 0. The number of H-pyrrole nitrogens is 1. The quantitative estimate of drug-likeness (QED) is 0.906. The van der Waals surface area contributed by atoms with Crippen LogP contribution in [0.2, 0.25) is 0 Å². The van der Waals surface area contributed by atoms with Crippen LogP contribution >= 0.6 is 0 Å². The molecule has 3 aliphatic heterocycles. The second-order valence-electron chi connectivity index (χ2n) is 6.24. The van der Waals surface area contributed by atoms with Gasteiger partial charge in [-0.15, -0.1) is 0 Å². The van der Waals surface area contributed by atoms with Crippen LogP contribution in [0.4, 0.5) is 5.82 Å². The van der Waals surface area contributed by atoms with Crippen LogP contribution in [0.5, 0.6) is 0 Å². The number of carboxylic acids is 1. The average molecular weight is 284 g/mol. The fourth-order valence-corrected chi connectivity index (χ4v) is 3.98. The first kappa shape index (κ1) is 12.7. The number of hydrogen-bond donors (Lipinski definition) is 2. The Balaban J connectivity index is 1.74. The van der Waals surface area contributed by atoms with E-state index >= 15 is 0 Å². The van der Waals surface area contributed by atoms with Crippen molar-refractivity contribution in [2.45, 2.75) is 38.0 Å². The highest BCUT2D eigenvalue weighted by Crippen LogP contribution is 2.46. The summed E-state index contributed by atoms with van der Waals surface area (Å²) in [6.07, 6.45) is 4.30. The number of anilines is 1. The lowest BCUT2D eigenvalue weighted by molar-refractivity contribution is -0.137. The predicted molar refractivity (Wildman–Crippen MR) is 83.1 cm³/mol. The fourth-order valence-electron chi connectivity index (χ4n) is 3.98. The van der Waals surface area contributed by atoms with Crippen LogP contribution in [0, 0.1) is 0 Å². The van der Waals surface area contributed by atoms with Crippen molar-refractivity contribution in [3.63, 3.8) is 0 Å². The molecular weight excluding hydrogens is 264 g/mol. The Morgan fingerprint density at radius 2 is 2.14 bits per heavy atom. The van der Waals surface area contributed by atoms with E-state index in [4.69, 9.17) is 5.11 Å². The van der Waals surface area contributed by atoms with Gasteiger partial charge >= 0.3 is 5.97 Å². The molecule has 1 saturated heterocycles. The second kappa shape index (κ2) is 4.79. The number of carboxylic acid groups (broad SMARTS) is 1. The number of carbonyl (C=O) groups is 1. The van der Waals surface area contributed by atoms with E-state index in [1.807, 2.05) is 0 Å². The number of nitrogens with one attached hydrogen (secondary N) is 1. The maximum absolute atomic E-state index is 10.7. The third-order valence-corrected chi connectivity index (χ3v) is 5.00. The maximum Gasteiger partial charge on any atom is 0.303 e. The Bertz CT molecular complexity index is 696.